The van der Waals surface area contributed by atoms with Gasteiger partial charge in [-0.1, -0.05) is 49.7 Å². The van der Waals surface area contributed by atoms with Crippen molar-refractivity contribution in [3.8, 4) is 5.75 Å². The van der Waals surface area contributed by atoms with Crippen LogP contribution in [0, 0.1) is 0 Å². The number of hydrogen-bond donors (Lipinski definition) is 1. The SMILES string of the molecule is C=C(CCC)Cn1ccc2c(/C(C)=N/OC(=C(C)CC)c3ccc(O)c(C(F)(F)F)c3)cccc21. The number of hydrogen-bond acceptors (Lipinski definition) is 3. The van der Waals surface area contributed by atoms with Crippen LogP contribution >= 0.6 is 0 Å². The number of fused-ring (bicyclic) bond motifs is 1. The topological polar surface area (TPSA) is 46.8 Å². The summed E-state index contributed by atoms with van der Waals surface area (Å²) in [5, 5.41) is 15.0. The number of halogens is 3. The smallest absolute Gasteiger partial charge is 0.419 e. The molecule has 0 aliphatic rings. The van der Waals surface area contributed by atoms with Gasteiger partial charge in [0.05, 0.1) is 11.3 Å². The molecule has 1 heterocycles. The van der Waals surface area contributed by atoms with Crippen molar-refractivity contribution in [3.05, 3.63) is 83.1 Å². The zero-order chi connectivity index (χ0) is 25.8. The van der Waals surface area contributed by atoms with Gasteiger partial charge in [0, 0.05) is 34.8 Å². The largest absolute Gasteiger partial charge is 0.507 e. The summed E-state index contributed by atoms with van der Waals surface area (Å²) in [6.45, 7) is 12.5. The molecule has 0 aliphatic carbocycles. The van der Waals surface area contributed by atoms with E-state index in [0.29, 0.717) is 12.1 Å². The second-order valence-corrected chi connectivity index (χ2v) is 8.64. The zero-order valence-corrected chi connectivity index (χ0v) is 20.5. The Kier molecular flexibility index (Phi) is 8.10. The summed E-state index contributed by atoms with van der Waals surface area (Å²) >= 11 is 0. The molecule has 0 atom stereocenters. The van der Waals surface area contributed by atoms with Crippen LogP contribution in [0.25, 0.3) is 16.7 Å². The Balaban J connectivity index is 1.96. The van der Waals surface area contributed by atoms with Crippen LogP contribution in [0.1, 0.15) is 63.6 Å². The van der Waals surface area contributed by atoms with Gasteiger partial charge in [0.25, 0.3) is 0 Å². The third kappa shape index (κ3) is 5.96. The van der Waals surface area contributed by atoms with Crippen LogP contribution in [-0.2, 0) is 17.6 Å². The number of aromatic hydroxyl groups is 1. The van der Waals surface area contributed by atoms with E-state index in [9.17, 15) is 18.3 Å². The summed E-state index contributed by atoms with van der Waals surface area (Å²) in [7, 11) is 0. The Labute approximate surface area is 204 Å². The first kappa shape index (κ1) is 26.1. The number of benzene rings is 2. The van der Waals surface area contributed by atoms with Crippen molar-refractivity contribution >= 4 is 22.4 Å². The zero-order valence-electron chi connectivity index (χ0n) is 20.5. The predicted octanol–water partition coefficient (Wildman–Crippen LogP) is 8.30. The molecule has 4 nitrogen and oxygen atoms in total. The number of oxime groups is 1. The van der Waals surface area contributed by atoms with E-state index in [0.717, 1.165) is 59.1 Å². The molecule has 3 aromatic rings. The molecule has 0 amide bonds. The van der Waals surface area contributed by atoms with Crippen molar-refractivity contribution in [3.63, 3.8) is 0 Å². The fourth-order valence-corrected chi connectivity index (χ4v) is 3.96. The third-order valence-electron chi connectivity index (χ3n) is 5.96. The Bertz CT molecular complexity index is 1280. The van der Waals surface area contributed by atoms with Crippen LogP contribution in [-0.4, -0.2) is 15.4 Å². The quantitative estimate of drug-likeness (QED) is 0.144. The Hall–Kier alpha value is -3.48. The van der Waals surface area contributed by atoms with E-state index in [-0.39, 0.29) is 11.3 Å². The van der Waals surface area contributed by atoms with E-state index in [1.54, 1.807) is 13.8 Å². The number of phenols is 1. The highest BCUT2D eigenvalue weighted by Crippen LogP contribution is 2.38. The van der Waals surface area contributed by atoms with E-state index in [4.69, 9.17) is 4.84 Å². The molecule has 1 N–H and O–H groups in total. The highest BCUT2D eigenvalue weighted by molar-refractivity contribution is 6.09. The average Bonchev–Trinajstić information content (AvgIpc) is 3.21. The van der Waals surface area contributed by atoms with Crippen molar-refractivity contribution in [2.75, 3.05) is 0 Å². The lowest BCUT2D eigenvalue weighted by Crippen LogP contribution is -2.06. The molecule has 0 unspecified atom stereocenters. The second kappa shape index (κ2) is 10.8. The van der Waals surface area contributed by atoms with Crippen LogP contribution in [0.3, 0.4) is 0 Å². The van der Waals surface area contributed by atoms with E-state index in [1.807, 2.05) is 37.4 Å². The molecule has 0 fully saturated rings. The number of phenolic OH excluding ortho intramolecular Hbond substituents is 1. The van der Waals surface area contributed by atoms with Gasteiger partial charge < -0.3 is 14.5 Å². The normalized spacial score (nSPS) is 13.2. The molecule has 3 rings (SSSR count). The van der Waals surface area contributed by atoms with Gasteiger partial charge in [0.2, 0.25) is 0 Å². The molecule has 0 saturated heterocycles. The molecule has 1 aromatic heterocycles. The first-order chi connectivity index (χ1) is 16.6. The first-order valence-electron chi connectivity index (χ1n) is 11.6. The molecule has 0 aliphatic heterocycles. The third-order valence-corrected chi connectivity index (χ3v) is 5.96. The lowest BCUT2D eigenvalue weighted by atomic mass is 10.0. The van der Waals surface area contributed by atoms with Crippen molar-refractivity contribution in [1.29, 1.82) is 0 Å². The van der Waals surface area contributed by atoms with E-state index >= 15 is 0 Å². The lowest BCUT2D eigenvalue weighted by molar-refractivity contribution is -0.138. The minimum absolute atomic E-state index is 0.199. The average molecular weight is 485 g/mol. The van der Waals surface area contributed by atoms with E-state index in [2.05, 4.69) is 23.2 Å². The minimum Gasteiger partial charge on any atom is -0.507 e. The number of allylic oxidation sites excluding steroid dienone is 2. The molecule has 0 spiro atoms. The minimum atomic E-state index is -4.68. The molecule has 2 aromatic carbocycles. The Morgan fingerprint density at radius 2 is 1.86 bits per heavy atom. The fraction of sp³-hybridized carbons (Fsp3) is 0.321. The summed E-state index contributed by atoms with van der Waals surface area (Å²) in [6, 6.07) is 11.2. The van der Waals surface area contributed by atoms with Gasteiger partial charge >= 0.3 is 6.18 Å². The van der Waals surface area contributed by atoms with Crippen molar-refractivity contribution < 1.29 is 23.1 Å². The van der Waals surface area contributed by atoms with Crippen molar-refractivity contribution in [2.45, 2.75) is 59.7 Å². The van der Waals surface area contributed by atoms with Gasteiger partial charge in [-0.3, -0.25) is 0 Å². The molecule has 0 bridgehead atoms. The van der Waals surface area contributed by atoms with Crippen LogP contribution in [0.4, 0.5) is 13.2 Å². The van der Waals surface area contributed by atoms with Crippen LogP contribution < -0.4 is 0 Å². The number of nitrogens with zero attached hydrogens (tertiary/aromatic N) is 2. The van der Waals surface area contributed by atoms with Crippen LogP contribution in [0.5, 0.6) is 5.75 Å². The van der Waals surface area contributed by atoms with E-state index < -0.39 is 17.5 Å². The lowest BCUT2D eigenvalue weighted by Gasteiger charge is -2.14. The molecule has 7 heteroatoms. The molecule has 35 heavy (non-hydrogen) atoms. The van der Waals surface area contributed by atoms with Crippen LogP contribution in [0.15, 0.2) is 71.5 Å². The summed E-state index contributed by atoms with van der Waals surface area (Å²) in [5.41, 5.74) is 3.49. The Morgan fingerprint density at radius 3 is 2.51 bits per heavy atom. The number of alkyl halides is 3. The molecular formula is C28H31F3N2O2. The van der Waals surface area contributed by atoms with Gasteiger partial charge in [0.15, 0.2) is 5.76 Å². The monoisotopic (exact) mass is 484 g/mol. The van der Waals surface area contributed by atoms with E-state index in [1.165, 1.54) is 6.07 Å². The number of rotatable bonds is 9. The van der Waals surface area contributed by atoms with Crippen LogP contribution in [0.2, 0.25) is 0 Å². The van der Waals surface area contributed by atoms with Gasteiger partial charge in [0.1, 0.15) is 5.75 Å². The highest BCUT2D eigenvalue weighted by atomic mass is 19.4. The molecule has 186 valence electrons. The summed E-state index contributed by atoms with van der Waals surface area (Å²) < 4.78 is 42.1. The molecular weight excluding hydrogens is 453 g/mol. The highest BCUT2D eigenvalue weighted by Gasteiger charge is 2.34. The van der Waals surface area contributed by atoms with Gasteiger partial charge in [-0.05, 0) is 62.6 Å². The van der Waals surface area contributed by atoms with Gasteiger partial charge in [-0.25, -0.2) is 0 Å². The summed E-state index contributed by atoms with van der Waals surface area (Å²) in [5.74, 6) is -0.592. The summed E-state index contributed by atoms with van der Waals surface area (Å²) in [6.07, 6.45) is -0.0927. The first-order valence-corrected chi connectivity index (χ1v) is 11.6. The van der Waals surface area contributed by atoms with Crippen molar-refractivity contribution in [1.82, 2.24) is 4.57 Å². The van der Waals surface area contributed by atoms with Gasteiger partial charge in [-0.2, -0.15) is 13.2 Å². The maximum atomic E-state index is 13.3. The number of aromatic nitrogens is 1. The maximum Gasteiger partial charge on any atom is 0.419 e. The van der Waals surface area contributed by atoms with Crippen molar-refractivity contribution in [2.24, 2.45) is 5.16 Å². The molecule has 0 saturated carbocycles. The summed E-state index contributed by atoms with van der Waals surface area (Å²) in [4.78, 5) is 5.75. The predicted molar refractivity (Wildman–Crippen MR) is 135 cm³/mol. The van der Waals surface area contributed by atoms with Gasteiger partial charge in [-0.15, -0.1) is 0 Å². The maximum absolute atomic E-state index is 13.3. The Morgan fingerprint density at radius 1 is 1.11 bits per heavy atom. The molecule has 0 radical (unpaired) electrons. The standard InChI is InChI=1S/C28H31F3N2O2/c1-6-9-18(3)17-33-15-14-23-22(10-8-11-25(23)33)20(5)32-35-27(19(4)7-2)21-12-13-26(34)24(16-21)28(29,30)31/h8,10-16,34H,3,6-7,9,17H2,1-2,4-5H3/b27-19?,32-20+. The second-order valence-electron chi connectivity index (χ2n) is 8.64. The fourth-order valence-electron chi connectivity index (χ4n) is 3.96.